The Morgan fingerprint density at radius 2 is 1.43 bits per heavy atom. The molecule has 4 atom stereocenters. The highest BCUT2D eigenvalue weighted by atomic mass is 19.1. The van der Waals surface area contributed by atoms with Crippen LogP contribution in [0.15, 0.2) is 48.5 Å². The van der Waals surface area contributed by atoms with Gasteiger partial charge >= 0.3 is 0 Å². The quantitative estimate of drug-likeness (QED) is 0.873. The maximum Gasteiger partial charge on any atom is 0.123 e. The topological polar surface area (TPSA) is 32.3 Å². The van der Waals surface area contributed by atoms with E-state index >= 15 is 0 Å². The van der Waals surface area contributed by atoms with E-state index in [-0.39, 0.29) is 29.6 Å². The Hall–Kier alpha value is -1.78. The van der Waals surface area contributed by atoms with E-state index in [1.54, 1.807) is 24.3 Å². The summed E-state index contributed by atoms with van der Waals surface area (Å²) >= 11 is 0. The molecule has 1 heterocycles. The van der Waals surface area contributed by atoms with Crippen molar-refractivity contribution in [2.45, 2.75) is 38.0 Å². The van der Waals surface area contributed by atoms with Crippen LogP contribution < -0.4 is 5.32 Å². The van der Waals surface area contributed by atoms with Crippen LogP contribution in [0.5, 0.6) is 0 Å². The van der Waals surface area contributed by atoms with E-state index in [4.69, 9.17) is 0 Å². The zero-order valence-electron chi connectivity index (χ0n) is 13.3. The number of halogens is 2. The number of aliphatic hydroxyl groups is 1. The summed E-state index contributed by atoms with van der Waals surface area (Å²) in [5.74, 6) is -0.594. The van der Waals surface area contributed by atoms with Crippen molar-refractivity contribution < 1.29 is 13.9 Å². The molecular weight excluding hydrogens is 296 g/mol. The maximum atomic E-state index is 13.2. The second-order valence-corrected chi connectivity index (χ2v) is 6.65. The van der Waals surface area contributed by atoms with Gasteiger partial charge in [0.1, 0.15) is 11.6 Å². The van der Waals surface area contributed by atoms with E-state index in [0.717, 1.165) is 11.1 Å². The molecule has 2 N–H and O–H groups in total. The third-order valence-electron chi connectivity index (χ3n) is 4.98. The summed E-state index contributed by atoms with van der Waals surface area (Å²) in [6.45, 7) is 3.81. The van der Waals surface area contributed by atoms with Gasteiger partial charge in [-0.1, -0.05) is 31.2 Å². The normalized spacial score (nSPS) is 31.1. The van der Waals surface area contributed by atoms with E-state index in [0.29, 0.717) is 6.42 Å². The highest BCUT2D eigenvalue weighted by Crippen LogP contribution is 2.42. The predicted octanol–water partition coefficient (Wildman–Crippen LogP) is 4.13. The van der Waals surface area contributed by atoms with Gasteiger partial charge in [0.2, 0.25) is 0 Å². The standard InChI is InChI=1S/C19H21F2NO/c1-12-18(14-5-9-16(21)10-6-14)22-17(11-19(12,2)23)13-3-7-15(20)8-4-13/h3-10,12,17-18,22-23H,11H2,1-2H3/t12-,17-,18-,19+/m1/s1. The molecule has 0 aliphatic carbocycles. The second-order valence-electron chi connectivity index (χ2n) is 6.65. The number of benzene rings is 2. The molecule has 2 aromatic rings. The Balaban J connectivity index is 1.92. The van der Waals surface area contributed by atoms with Crippen molar-refractivity contribution in [2.24, 2.45) is 5.92 Å². The minimum atomic E-state index is -0.872. The molecule has 0 bridgehead atoms. The molecular formula is C19H21F2NO. The van der Waals surface area contributed by atoms with Crippen molar-refractivity contribution in [2.75, 3.05) is 0 Å². The Labute approximate surface area is 135 Å². The number of hydrogen-bond acceptors (Lipinski definition) is 2. The smallest absolute Gasteiger partial charge is 0.123 e. The van der Waals surface area contributed by atoms with Crippen molar-refractivity contribution in [3.63, 3.8) is 0 Å². The fourth-order valence-electron chi connectivity index (χ4n) is 3.34. The molecule has 0 spiro atoms. The van der Waals surface area contributed by atoms with Crippen LogP contribution in [-0.2, 0) is 0 Å². The summed E-state index contributed by atoms with van der Waals surface area (Å²) < 4.78 is 26.3. The summed E-state index contributed by atoms with van der Waals surface area (Å²) in [6, 6.07) is 12.5. The lowest BCUT2D eigenvalue weighted by Gasteiger charge is -2.46. The van der Waals surface area contributed by atoms with Crippen LogP contribution in [0.3, 0.4) is 0 Å². The average molecular weight is 317 g/mol. The third kappa shape index (κ3) is 3.28. The van der Waals surface area contributed by atoms with E-state index in [9.17, 15) is 13.9 Å². The maximum absolute atomic E-state index is 13.2. The summed E-state index contributed by atoms with van der Waals surface area (Å²) in [4.78, 5) is 0. The molecule has 2 nitrogen and oxygen atoms in total. The molecule has 122 valence electrons. The van der Waals surface area contributed by atoms with Crippen molar-refractivity contribution in [1.82, 2.24) is 5.32 Å². The van der Waals surface area contributed by atoms with Crippen molar-refractivity contribution in [3.05, 3.63) is 71.3 Å². The van der Waals surface area contributed by atoms with E-state index in [2.05, 4.69) is 5.32 Å². The summed E-state index contributed by atoms with van der Waals surface area (Å²) in [5, 5.41) is 14.4. The van der Waals surface area contributed by atoms with Gasteiger partial charge in [0, 0.05) is 18.0 Å². The molecule has 4 heteroatoms. The van der Waals surface area contributed by atoms with Crippen LogP contribution in [0.2, 0.25) is 0 Å². The molecule has 1 aliphatic heterocycles. The van der Waals surface area contributed by atoms with E-state index in [1.807, 2.05) is 13.8 Å². The lowest BCUT2D eigenvalue weighted by molar-refractivity contribution is -0.0526. The zero-order chi connectivity index (χ0) is 16.6. The van der Waals surface area contributed by atoms with Gasteiger partial charge in [-0.3, -0.25) is 0 Å². The second kappa shape index (κ2) is 6.02. The number of piperidine rings is 1. The highest BCUT2D eigenvalue weighted by molar-refractivity contribution is 5.27. The van der Waals surface area contributed by atoms with Gasteiger partial charge in [-0.15, -0.1) is 0 Å². The predicted molar refractivity (Wildman–Crippen MR) is 85.8 cm³/mol. The summed E-state index contributed by atoms with van der Waals surface area (Å²) in [7, 11) is 0. The Morgan fingerprint density at radius 1 is 0.957 bits per heavy atom. The summed E-state index contributed by atoms with van der Waals surface area (Å²) in [5.41, 5.74) is 1.00. The largest absolute Gasteiger partial charge is 0.390 e. The first-order valence-corrected chi connectivity index (χ1v) is 7.86. The molecule has 1 saturated heterocycles. The van der Waals surface area contributed by atoms with Gasteiger partial charge in [-0.05, 0) is 48.7 Å². The monoisotopic (exact) mass is 317 g/mol. The van der Waals surface area contributed by atoms with Gasteiger partial charge < -0.3 is 10.4 Å². The Morgan fingerprint density at radius 3 is 1.96 bits per heavy atom. The Kier molecular flexibility index (Phi) is 4.21. The van der Waals surface area contributed by atoms with Gasteiger partial charge in [-0.2, -0.15) is 0 Å². The number of rotatable bonds is 2. The molecule has 0 unspecified atom stereocenters. The van der Waals surface area contributed by atoms with Gasteiger partial charge in [0.25, 0.3) is 0 Å². The van der Waals surface area contributed by atoms with Crippen LogP contribution in [0.1, 0.15) is 43.5 Å². The minimum Gasteiger partial charge on any atom is -0.390 e. The minimum absolute atomic E-state index is 0.0374. The third-order valence-corrected chi connectivity index (χ3v) is 4.98. The lowest BCUT2D eigenvalue weighted by Crippen LogP contribution is -2.50. The Bertz CT molecular complexity index is 667. The molecule has 0 amide bonds. The first-order valence-electron chi connectivity index (χ1n) is 7.86. The number of hydrogen-bond donors (Lipinski definition) is 2. The molecule has 2 aromatic carbocycles. The van der Waals surface area contributed by atoms with Crippen LogP contribution in [0, 0.1) is 17.6 Å². The lowest BCUT2D eigenvalue weighted by atomic mass is 9.73. The van der Waals surface area contributed by atoms with Crippen LogP contribution in [-0.4, -0.2) is 10.7 Å². The molecule has 23 heavy (non-hydrogen) atoms. The van der Waals surface area contributed by atoms with Crippen molar-refractivity contribution in [3.8, 4) is 0 Å². The SMILES string of the molecule is C[C@@H]1[C@H](c2ccc(F)cc2)N[C@@H](c2ccc(F)cc2)C[C@]1(C)O. The van der Waals surface area contributed by atoms with Gasteiger partial charge in [0.15, 0.2) is 0 Å². The molecule has 0 saturated carbocycles. The van der Waals surface area contributed by atoms with Crippen molar-refractivity contribution in [1.29, 1.82) is 0 Å². The molecule has 1 aliphatic rings. The first-order chi connectivity index (χ1) is 10.9. The zero-order valence-corrected chi connectivity index (χ0v) is 13.3. The average Bonchev–Trinajstić information content (AvgIpc) is 2.51. The van der Waals surface area contributed by atoms with E-state index in [1.165, 1.54) is 24.3 Å². The molecule has 3 rings (SSSR count). The van der Waals surface area contributed by atoms with Gasteiger partial charge in [-0.25, -0.2) is 8.78 Å². The molecule has 0 aromatic heterocycles. The molecule has 1 fully saturated rings. The fraction of sp³-hybridized carbons (Fsp3) is 0.368. The van der Waals surface area contributed by atoms with Crippen LogP contribution in [0.4, 0.5) is 8.78 Å². The van der Waals surface area contributed by atoms with Crippen LogP contribution in [0.25, 0.3) is 0 Å². The summed E-state index contributed by atoms with van der Waals surface area (Å²) in [6.07, 6.45) is 0.539. The fourth-order valence-corrected chi connectivity index (χ4v) is 3.34. The van der Waals surface area contributed by atoms with E-state index < -0.39 is 5.60 Å². The van der Waals surface area contributed by atoms with Gasteiger partial charge in [0.05, 0.1) is 5.60 Å². The molecule has 0 radical (unpaired) electrons. The van der Waals surface area contributed by atoms with Crippen molar-refractivity contribution >= 4 is 0 Å². The first kappa shape index (κ1) is 16.1. The van der Waals surface area contributed by atoms with Crippen LogP contribution >= 0.6 is 0 Å². The highest BCUT2D eigenvalue weighted by Gasteiger charge is 2.42. The number of nitrogens with one attached hydrogen (secondary N) is 1.